The highest BCUT2D eigenvalue weighted by Crippen LogP contribution is 2.24. The molecule has 0 saturated carbocycles. The van der Waals surface area contributed by atoms with Gasteiger partial charge in [-0.1, -0.05) is 0 Å². The van der Waals surface area contributed by atoms with Crippen LogP contribution in [0.5, 0.6) is 5.75 Å². The summed E-state index contributed by atoms with van der Waals surface area (Å²) in [5, 5.41) is 0. The van der Waals surface area contributed by atoms with Crippen molar-refractivity contribution in [3.05, 3.63) is 29.3 Å². The van der Waals surface area contributed by atoms with Crippen LogP contribution in [0.4, 0.5) is 0 Å². The second-order valence-electron chi connectivity index (χ2n) is 4.00. The number of fused-ring (bicyclic) bond motifs is 1. The van der Waals surface area contributed by atoms with E-state index >= 15 is 0 Å². The number of benzene rings is 1. The highest BCUT2D eigenvalue weighted by molar-refractivity contribution is 5.97. The SMILES string of the molecule is COCOc1ccc2c(c1)CCCCC2=O. The average Bonchev–Trinajstić information content (AvgIpc) is 2.49. The molecule has 86 valence electrons. The number of carbonyl (C=O) groups excluding carboxylic acids is 1. The van der Waals surface area contributed by atoms with Crippen LogP contribution in [0.2, 0.25) is 0 Å². The van der Waals surface area contributed by atoms with Gasteiger partial charge in [0.15, 0.2) is 12.6 Å². The molecular formula is C13H16O3. The van der Waals surface area contributed by atoms with E-state index in [0.29, 0.717) is 6.42 Å². The van der Waals surface area contributed by atoms with E-state index in [1.807, 2.05) is 18.2 Å². The second kappa shape index (κ2) is 5.12. The normalized spacial score (nSPS) is 15.4. The van der Waals surface area contributed by atoms with Crippen LogP contribution in [0.15, 0.2) is 18.2 Å². The molecule has 3 nitrogen and oxygen atoms in total. The first kappa shape index (κ1) is 11.1. The summed E-state index contributed by atoms with van der Waals surface area (Å²) in [4.78, 5) is 11.8. The summed E-state index contributed by atoms with van der Waals surface area (Å²) >= 11 is 0. The maximum atomic E-state index is 11.8. The number of aryl methyl sites for hydroxylation is 1. The Hall–Kier alpha value is -1.35. The molecule has 0 N–H and O–H groups in total. The molecule has 16 heavy (non-hydrogen) atoms. The molecule has 2 rings (SSSR count). The van der Waals surface area contributed by atoms with Crippen LogP contribution in [0.1, 0.15) is 35.2 Å². The number of carbonyl (C=O) groups is 1. The molecule has 0 fully saturated rings. The molecule has 0 amide bonds. The van der Waals surface area contributed by atoms with E-state index < -0.39 is 0 Å². The molecule has 0 atom stereocenters. The van der Waals surface area contributed by atoms with Crippen LogP contribution < -0.4 is 4.74 Å². The monoisotopic (exact) mass is 220 g/mol. The Morgan fingerprint density at radius 3 is 2.88 bits per heavy atom. The molecule has 0 spiro atoms. The molecule has 0 unspecified atom stereocenters. The van der Waals surface area contributed by atoms with Gasteiger partial charge in [-0.05, 0) is 43.0 Å². The number of ether oxygens (including phenoxy) is 2. The first-order valence-corrected chi connectivity index (χ1v) is 5.59. The van der Waals surface area contributed by atoms with Gasteiger partial charge in [-0.25, -0.2) is 0 Å². The predicted octanol–water partition coefficient (Wildman–Crippen LogP) is 2.58. The van der Waals surface area contributed by atoms with Gasteiger partial charge in [0.25, 0.3) is 0 Å². The minimum absolute atomic E-state index is 0.243. The fourth-order valence-corrected chi connectivity index (χ4v) is 2.00. The lowest BCUT2D eigenvalue weighted by atomic mass is 10.0. The summed E-state index contributed by atoms with van der Waals surface area (Å²) in [7, 11) is 1.59. The number of ketones is 1. The number of rotatable bonds is 3. The van der Waals surface area contributed by atoms with Crippen molar-refractivity contribution in [2.24, 2.45) is 0 Å². The Labute approximate surface area is 95.4 Å². The van der Waals surface area contributed by atoms with E-state index in [9.17, 15) is 4.79 Å². The Morgan fingerprint density at radius 2 is 2.06 bits per heavy atom. The molecule has 0 aliphatic heterocycles. The van der Waals surface area contributed by atoms with Gasteiger partial charge in [-0.2, -0.15) is 0 Å². The van der Waals surface area contributed by atoms with Gasteiger partial charge in [0.05, 0.1) is 0 Å². The zero-order valence-electron chi connectivity index (χ0n) is 9.49. The molecule has 0 radical (unpaired) electrons. The van der Waals surface area contributed by atoms with Crippen molar-refractivity contribution >= 4 is 5.78 Å². The predicted molar refractivity (Wildman–Crippen MR) is 60.8 cm³/mol. The molecular weight excluding hydrogens is 204 g/mol. The van der Waals surface area contributed by atoms with Crippen molar-refractivity contribution < 1.29 is 14.3 Å². The minimum Gasteiger partial charge on any atom is -0.468 e. The van der Waals surface area contributed by atoms with E-state index in [4.69, 9.17) is 9.47 Å². The standard InChI is InChI=1S/C13H16O3/c1-15-9-16-11-6-7-12-10(8-11)4-2-3-5-13(12)14/h6-8H,2-5,9H2,1H3. The lowest BCUT2D eigenvalue weighted by molar-refractivity contribution is 0.0511. The van der Waals surface area contributed by atoms with Gasteiger partial charge in [0, 0.05) is 19.1 Å². The Morgan fingerprint density at radius 1 is 1.25 bits per heavy atom. The molecule has 0 aromatic heterocycles. The minimum atomic E-state index is 0.243. The van der Waals surface area contributed by atoms with Crippen molar-refractivity contribution in [2.45, 2.75) is 25.7 Å². The summed E-state index contributed by atoms with van der Waals surface area (Å²) in [6.45, 7) is 0.243. The second-order valence-corrected chi connectivity index (χ2v) is 4.00. The lowest BCUT2D eigenvalue weighted by Crippen LogP contribution is -2.03. The molecule has 0 saturated heterocycles. The van der Waals surface area contributed by atoms with Gasteiger partial charge in [0.2, 0.25) is 0 Å². The number of hydrogen-bond donors (Lipinski definition) is 0. The van der Waals surface area contributed by atoms with Crippen molar-refractivity contribution in [3.8, 4) is 5.75 Å². The van der Waals surface area contributed by atoms with Gasteiger partial charge in [-0.15, -0.1) is 0 Å². The van der Waals surface area contributed by atoms with Gasteiger partial charge >= 0.3 is 0 Å². The van der Waals surface area contributed by atoms with Crippen molar-refractivity contribution in [3.63, 3.8) is 0 Å². The zero-order valence-corrected chi connectivity index (χ0v) is 9.49. The summed E-state index contributed by atoms with van der Waals surface area (Å²) in [5.41, 5.74) is 1.97. The summed E-state index contributed by atoms with van der Waals surface area (Å²) < 4.78 is 10.2. The zero-order chi connectivity index (χ0) is 11.4. The van der Waals surface area contributed by atoms with Gasteiger partial charge in [-0.3, -0.25) is 4.79 Å². The van der Waals surface area contributed by atoms with Crippen LogP contribution in [-0.2, 0) is 11.2 Å². The third kappa shape index (κ3) is 2.42. The Balaban J connectivity index is 2.23. The summed E-state index contributed by atoms with van der Waals surface area (Å²) in [6.07, 6.45) is 3.70. The molecule has 1 aliphatic carbocycles. The van der Waals surface area contributed by atoms with Crippen LogP contribution in [0.3, 0.4) is 0 Å². The third-order valence-corrected chi connectivity index (χ3v) is 2.82. The first-order chi connectivity index (χ1) is 7.81. The Bertz CT molecular complexity index is 385. The van der Waals surface area contributed by atoms with E-state index in [0.717, 1.165) is 36.1 Å². The highest BCUT2D eigenvalue weighted by atomic mass is 16.7. The largest absolute Gasteiger partial charge is 0.468 e. The molecule has 1 aromatic rings. The lowest BCUT2D eigenvalue weighted by Gasteiger charge is -2.09. The van der Waals surface area contributed by atoms with Crippen LogP contribution in [0.25, 0.3) is 0 Å². The molecule has 1 aliphatic rings. The topological polar surface area (TPSA) is 35.5 Å². The summed E-state index contributed by atoms with van der Waals surface area (Å²) in [6, 6.07) is 5.66. The molecule has 3 heteroatoms. The van der Waals surface area contributed by atoms with Crippen LogP contribution in [-0.4, -0.2) is 19.7 Å². The quantitative estimate of drug-likeness (QED) is 0.580. The maximum Gasteiger partial charge on any atom is 0.188 e. The summed E-state index contributed by atoms with van der Waals surface area (Å²) in [5.74, 6) is 1.03. The fraction of sp³-hybridized carbons (Fsp3) is 0.462. The Kier molecular flexibility index (Phi) is 3.57. The maximum absolute atomic E-state index is 11.8. The van der Waals surface area contributed by atoms with Crippen LogP contribution in [0, 0.1) is 0 Å². The van der Waals surface area contributed by atoms with Crippen molar-refractivity contribution in [2.75, 3.05) is 13.9 Å². The van der Waals surface area contributed by atoms with Crippen molar-refractivity contribution in [1.82, 2.24) is 0 Å². The average molecular weight is 220 g/mol. The van der Waals surface area contributed by atoms with Gasteiger partial charge < -0.3 is 9.47 Å². The van der Waals surface area contributed by atoms with Gasteiger partial charge in [0.1, 0.15) is 5.75 Å². The fourth-order valence-electron chi connectivity index (χ4n) is 2.00. The molecule has 0 bridgehead atoms. The van der Waals surface area contributed by atoms with E-state index in [2.05, 4.69) is 0 Å². The first-order valence-electron chi connectivity index (χ1n) is 5.59. The number of Topliss-reactive ketones (excluding diaryl/α,β-unsaturated/α-hetero) is 1. The van der Waals surface area contributed by atoms with E-state index in [-0.39, 0.29) is 12.6 Å². The van der Waals surface area contributed by atoms with E-state index in [1.54, 1.807) is 7.11 Å². The third-order valence-electron chi connectivity index (χ3n) is 2.82. The number of methoxy groups -OCH3 is 1. The van der Waals surface area contributed by atoms with E-state index in [1.165, 1.54) is 0 Å². The molecule has 0 heterocycles. The number of hydrogen-bond acceptors (Lipinski definition) is 3. The highest BCUT2D eigenvalue weighted by Gasteiger charge is 2.15. The van der Waals surface area contributed by atoms with Crippen molar-refractivity contribution in [1.29, 1.82) is 0 Å². The molecule has 1 aromatic carbocycles. The van der Waals surface area contributed by atoms with Crippen LogP contribution >= 0.6 is 0 Å². The smallest absolute Gasteiger partial charge is 0.188 e.